The molecule has 6 nitrogen and oxygen atoms in total. The molecule has 25 heavy (non-hydrogen) atoms. The van der Waals surface area contributed by atoms with Crippen LogP contribution < -0.4 is 15.4 Å². The Hall–Kier alpha value is -1.62. The fourth-order valence-electron chi connectivity index (χ4n) is 2.13. The number of nitrogens with one attached hydrogen (secondary N) is 2. The quantitative estimate of drug-likeness (QED) is 0.829. The summed E-state index contributed by atoms with van der Waals surface area (Å²) in [6.07, 6.45) is -4.98. The van der Waals surface area contributed by atoms with Crippen LogP contribution in [0.2, 0.25) is 0 Å². The van der Waals surface area contributed by atoms with E-state index in [-0.39, 0.29) is 24.1 Å². The number of anilines is 1. The molecule has 138 valence electrons. The number of rotatable bonds is 4. The van der Waals surface area contributed by atoms with Crippen molar-refractivity contribution >= 4 is 45.0 Å². The number of hydrogen-bond donors (Lipinski definition) is 2. The molecule has 0 radical (unpaired) electrons. The van der Waals surface area contributed by atoms with Gasteiger partial charge in [-0.15, -0.1) is 12.4 Å². The van der Waals surface area contributed by atoms with Crippen molar-refractivity contribution < 1.29 is 27.4 Å². The van der Waals surface area contributed by atoms with E-state index >= 15 is 0 Å². The van der Waals surface area contributed by atoms with Crippen LogP contribution in [0.4, 0.5) is 18.3 Å². The van der Waals surface area contributed by atoms with Gasteiger partial charge in [-0.3, -0.25) is 10.1 Å². The molecule has 0 aliphatic carbocycles. The minimum atomic E-state index is -4.39. The third-order valence-corrected chi connectivity index (χ3v) is 4.15. The third kappa shape index (κ3) is 5.43. The first-order valence-electron chi connectivity index (χ1n) is 7.14. The number of halogens is 4. The number of hydrogen-bond acceptors (Lipinski definition) is 6. The Kier molecular flexibility index (Phi) is 6.44. The van der Waals surface area contributed by atoms with Crippen LogP contribution in [0.25, 0.3) is 10.2 Å². The highest BCUT2D eigenvalue weighted by Crippen LogP contribution is 2.30. The van der Waals surface area contributed by atoms with Crippen molar-refractivity contribution in [2.45, 2.75) is 12.3 Å². The zero-order chi connectivity index (χ0) is 17.2. The summed E-state index contributed by atoms with van der Waals surface area (Å²) in [5, 5.41) is 6.07. The summed E-state index contributed by atoms with van der Waals surface area (Å²) in [5.41, 5.74) is 0.567. The van der Waals surface area contributed by atoms with Crippen LogP contribution >= 0.6 is 23.7 Å². The Balaban J connectivity index is 0.00000225. The molecular weight excluding hydrogens is 383 g/mol. The molecule has 1 aliphatic rings. The molecule has 3 rings (SSSR count). The monoisotopic (exact) mass is 397 g/mol. The first kappa shape index (κ1) is 19.7. The van der Waals surface area contributed by atoms with Gasteiger partial charge in [0, 0.05) is 13.1 Å². The molecule has 0 bridgehead atoms. The van der Waals surface area contributed by atoms with Gasteiger partial charge in [0.05, 0.1) is 16.8 Å². The molecule has 1 amide bonds. The molecule has 2 N–H and O–H groups in total. The lowest BCUT2D eigenvalue weighted by Crippen LogP contribution is -2.45. The Labute approximate surface area is 151 Å². The molecule has 1 aliphatic heterocycles. The smallest absolute Gasteiger partial charge is 0.422 e. The summed E-state index contributed by atoms with van der Waals surface area (Å²) in [4.78, 5) is 16.3. The predicted molar refractivity (Wildman–Crippen MR) is 89.7 cm³/mol. The zero-order valence-electron chi connectivity index (χ0n) is 12.8. The number of alkyl halides is 3. The van der Waals surface area contributed by atoms with Crippen LogP contribution in [-0.2, 0) is 9.53 Å². The van der Waals surface area contributed by atoms with Crippen LogP contribution in [0, 0.1) is 0 Å². The van der Waals surface area contributed by atoms with Gasteiger partial charge in [0.1, 0.15) is 11.9 Å². The summed E-state index contributed by atoms with van der Waals surface area (Å²) >= 11 is 1.16. The number of thiazole rings is 1. The van der Waals surface area contributed by atoms with Gasteiger partial charge in [0.2, 0.25) is 0 Å². The lowest BCUT2D eigenvalue weighted by atomic mass is 10.3. The number of carbonyl (C=O) groups excluding carboxylic acids is 1. The topological polar surface area (TPSA) is 72.5 Å². The van der Waals surface area contributed by atoms with Crippen LogP contribution in [0.1, 0.15) is 0 Å². The number of morpholine rings is 1. The van der Waals surface area contributed by atoms with Gasteiger partial charge >= 0.3 is 6.18 Å². The van der Waals surface area contributed by atoms with Crippen LogP contribution in [0.5, 0.6) is 5.75 Å². The second-order valence-corrected chi connectivity index (χ2v) is 6.14. The third-order valence-electron chi connectivity index (χ3n) is 3.21. The molecule has 1 aromatic heterocycles. The molecule has 1 fully saturated rings. The van der Waals surface area contributed by atoms with Crippen LogP contribution in [-0.4, -0.2) is 49.5 Å². The normalized spacial score (nSPS) is 17.8. The van der Waals surface area contributed by atoms with Crippen molar-refractivity contribution in [3.8, 4) is 5.75 Å². The van der Waals surface area contributed by atoms with Gasteiger partial charge in [-0.2, -0.15) is 13.2 Å². The molecule has 0 saturated carbocycles. The molecule has 1 unspecified atom stereocenters. The molecule has 0 spiro atoms. The summed E-state index contributed by atoms with van der Waals surface area (Å²) in [5.74, 6) is -0.212. The Morgan fingerprint density at radius 3 is 2.96 bits per heavy atom. The van der Waals surface area contributed by atoms with Crippen molar-refractivity contribution in [3.63, 3.8) is 0 Å². The standard InChI is InChI=1S/C14H14F3N3O3S.ClH/c15-14(16,17)7-23-8-1-2-9-11(5-8)24-13(19-9)20-12(21)10-6-18-3-4-22-10;/h1-2,5,10,18H,3-4,6-7H2,(H,19,20,21);1H. The average molecular weight is 398 g/mol. The number of benzene rings is 1. The van der Waals surface area contributed by atoms with Gasteiger partial charge in [-0.05, 0) is 18.2 Å². The second kappa shape index (κ2) is 8.17. The summed E-state index contributed by atoms with van der Waals surface area (Å²) < 4.78 is 47.2. The second-order valence-electron chi connectivity index (χ2n) is 5.11. The highest BCUT2D eigenvalue weighted by molar-refractivity contribution is 7.22. The zero-order valence-corrected chi connectivity index (χ0v) is 14.4. The lowest BCUT2D eigenvalue weighted by Gasteiger charge is -2.22. The number of aromatic nitrogens is 1. The number of fused-ring (bicyclic) bond motifs is 1. The number of carbonyl (C=O) groups is 1. The molecule has 1 saturated heterocycles. The van der Waals surface area contributed by atoms with E-state index in [9.17, 15) is 18.0 Å². The fraction of sp³-hybridized carbons (Fsp3) is 0.429. The SMILES string of the molecule is Cl.O=C(Nc1nc2ccc(OCC(F)(F)F)cc2s1)C1CNCCO1. The van der Waals surface area contributed by atoms with E-state index in [4.69, 9.17) is 9.47 Å². The van der Waals surface area contributed by atoms with Gasteiger partial charge < -0.3 is 14.8 Å². The van der Waals surface area contributed by atoms with Crippen LogP contribution in [0.3, 0.4) is 0 Å². The summed E-state index contributed by atoms with van der Waals surface area (Å²) in [7, 11) is 0. The first-order valence-corrected chi connectivity index (χ1v) is 7.96. The number of amides is 1. The Morgan fingerprint density at radius 1 is 1.48 bits per heavy atom. The molecule has 1 atom stereocenters. The van der Waals surface area contributed by atoms with Gasteiger partial charge in [-0.1, -0.05) is 11.3 Å². The maximum Gasteiger partial charge on any atom is 0.422 e. The van der Waals surface area contributed by atoms with E-state index in [2.05, 4.69) is 15.6 Å². The van der Waals surface area contributed by atoms with Crippen molar-refractivity contribution in [3.05, 3.63) is 18.2 Å². The van der Waals surface area contributed by atoms with Gasteiger partial charge in [-0.25, -0.2) is 4.98 Å². The van der Waals surface area contributed by atoms with Crippen molar-refractivity contribution in [2.24, 2.45) is 0 Å². The van der Waals surface area contributed by atoms with E-state index in [1.165, 1.54) is 12.1 Å². The molecule has 2 aromatic rings. The molecule has 11 heteroatoms. The minimum Gasteiger partial charge on any atom is -0.484 e. The Morgan fingerprint density at radius 2 is 2.28 bits per heavy atom. The largest absolute Gasteiger partial charge is 0.484 e. The highest BCUT2D eigenvalue weighted by atomic mass is 35.5. The maximum atomic E-state index is 12.2. The van der Waals surface area contributed by atoms with Gasteiger partial charge in [0.15, 0.2) is 11.7 Å². The number of ether oxygens (including phenoxy) is 2. The highest BCUT2D eigenvalue weighted by Gasteiger charge is 2.28. The lowest BCUT2D eigenvalue weighted by molar-refractivity contribution is -0.153. The van der Waals surface area contributed by atoms with Crippen molar-refractivity contribution in [1.29, 1.82) is 0 Å². The van der Waals surface area contributed by atoms with Crippen LogP contribution in [0.15, 0.2) is 18.2 Å². The minimum absolute atomic E-state index is 0. The number of nitrogens with zero attached hydrogens (tertiary/aromatic N) is 1. The van der Waals surface area contributed by atoms with Gasteiger partial charge in [0.25, 0.3) is 5.91 Å². The van der Waals surface area contributed by atoms with Crippen molar-refractivity contribution in [2.75, 3.05) is 31.6 Å². The summed E-state index contributed by atoms with van der Waals surface area (Å²) in [6, 6.07) is 4.42. The van der Waals surface area contributed by atoms with E-state index in [1.54, 1.807) is 6.07 Å². The molecule has 1 aromatic carbocycles. The van der Waals surface area contributed by atoms with E-state index in [1.807, 2.05) is 0 Å². The molecular formula is C14H15ClF3N3O3S. The maximum absolute atomic E-state index is 12.2. The van der Waals surface area contributed by atoms with E-state index in [0.29, 0.717) is 35.0 Å². The Bertz CT molecular complexity index is 735. The molecule has 2 heterocycles. The van der Waals surface area contributed by atoms with Crippen molar-refractivity contribution in [1.82, 2.24) is 10.3 Å². The van der Waals surface area contributed by atoms with E-state index in [0.717, 1.165) is 11.3 Å². The van der Waals surface area contributed by atoms with E-state index < -0.39 is 18.9 Å². The fourth-order valence-corrected chi connectivity index (χ4v) is 3.03. The predicted octanol–water partition coefficient (Wildman–Crippen LogP) is 2.59. The average Bonchev–Trinajstić information content (AvgIpc) is 2.94. The first-order chi connectivity index (χ1) is 11.4. The summed E-state index contributed by atoms with van der Waals surface area (Å²) in [6.45, 7) is 0.225.